The molecule has 1 aromatic heterocycles. The highest BCUT2D eigenvalue weighted by atomic mass is 19.1. The summed E-state index contributed by atoms with van der Waals surface area (Å²) in [4.78, 5) is 13.0. The van der Waals surface area contributed by atoms with Crippen LogP contribution in [0.5, 0.6) is 0 Å². The zero-order chi connectivity index (χ0) is 8.53. The Morgan fingerprint density at radius 2 is 1.82 bits per heavy atom. The van der Waals surface area contributed by atoms with E-state index >= 15 is 0 Å². The lowest BCUT2D eigenvalue weighted by molar-refractivity contribution is -0.118. The normalized spacial score (nSPS) is 7.73. The predicted molar refractivity (Wildman–Crippen MR) is 39.4 cm³/mol. The van der Waals surface area contributed by atoms with Crippen LogP contribution in [-0.2, 0) is 4.79 Å². The fourth-order valence-electron chi connectivity index (χ4n) is 0.313. The molecule has 1 heterocycles. The summed E-state index contributed by atoms with van der Waals surface area (Å²) in [7, 11) is 0. The molecule has 11 heavy (non-hydrogen) atoms. The van der Waals surface area contributed by atoms with E-state index in [2.05, 4.69) is 10.7 Å². The molecule has 0 aliphatic rings. The smallest absolute Gasteiger partial charge is 0.248 e. The Hall–Kier alpha value is -1.45. The van der Waals surface area contributed by atoms with Gasteiger partial charge in [-0.15, -0.1) is 0 Å². The van der Waals surface area contributed by atoms with Crippen LogP contribution in [-0.4, -0.2) is 17.6 Å². The molecule has 0 saturated heterocycles. The first kappa shape index (κ1) is 9.55. The molecule has 0 bridgehead atoms. The Morgan fingerprint density at radius 3 is 1.91 bits per heavy atom. The number of primary amides is 1. The highest BCUT2D eigenvalue weighted by molar-refractivity contribution is 5.74. The van der Waals surface area contributed by atoms with Crippen LogP contribution in [0.4, 0.5) is 4.39 Å². The van der Waals surface area contributed by atoms with Gasteiger partial charge in [0.1, 0.15) is 0 Å². The first-order chi connectivity index (χ1) is 5.27. The quantitative estimate of drug-likeness (QED) is 0.644. The average molecular weight is 156 g/mol. The van der Waals surface area contributed by atoms with Crippen LogP contribution in [0.25, 0.3) is 0 Å². The summed E-state index contributed by atoms with van der Waals surface area (Å²) in [5, 5.41) is 0. The molecule has 1 aromatic rings. The van der Waals surface area contributed by atoms with Gasteiger partial charge in [0, 0.05) is 12.4 Å². The number of aromatic nitrogens is 1. The first-order valence-corrected chi connectivity index (χ1v) is 2.96. The number of amides is 1. The van der Waals surface area contributed by atoms with Crippen molar-refractivity contribution in [1.82, 2.24) is 4.98 Å². The molecule has 0 aromatic carbocycles. The average Bonchev–Trinajstić information content (AvgIpc) is 2.09. The zero-order valence-electron chi connectivity index (χ0n) is 5.90. The third kappa shape index (κ3) is 8.55. The van der Waals surface area contributed by atoms with Gasteiger partial charge in [-0.05, 0) is 12.1 Å². The molecule has 4 heteroatoms. The summed E-state index contributed by atoms with van der Waals surface area (Å²) in [6, 6.07) is 5.72. The standard InChI is InChI=1S/C5H5N.C2H4FNO/c1-2-4-6-5-3-1;3-1-2(4)5/h1-5H;1H2,(H2,4,5). The number of nitrogens with zero attached hydrogens (tertiary/aromatic N) is 1. The molecule has 0 unspecified atom stereocenters. The van der Waals surface area contributed by atoms with Crippen molar-refractivity contribution in [3.8, 4) is 0 Å². The second kappa shape index (κ2) is 6.67. The minimum atomic E-state index is -1.06. The molecule has 0 spiro atoms. The third-order valence-electron chi connectivity index (χ3n) is 0.698. The first-order valence-electron chi connectivity index (χ1n) is 2.96. The summed E-state index contributed by atoms with van der Waals surface area (Å²) in [5.41, 5.74) is 4.28. The number of nitrogens with two attached hydrogens (primary N) is 1. The van der Waals surface area contributed by atoms with Crippen molar-refractivity contribution >= 4 is 5.91 Å². The fourth-order valence-corrected chi connectivity index (χ4v) is 0.313. The van der Waals surface area contributed by atoms with E-state index < -0.39 is 12.6 Å². The van der Waals surface area contributed by atoms with Crippen molar-refractivity contribution in [2.45, 2.75) is 0 Å². The number of carbonyl (C=O) groups is 1. The van der Waals surface area contributed by atoms with E-state index in [1.807, 2.05) is 18.2 Å². The lowest BCUT2D eigenvalue weighted by atomic mass is 10.5. The minimum absolute atomic E-state index is 0.912. The molecule has 3 nitrogen and oxygen atoms in total. The number of carbonyl (C=O) groups excluding carboxylic acids is 1. The maximum atomic E-state index is 10.6. The molecule has 1 amide bonds. The molecule has 1 rings (SSSR count). The van der Waals surface area contributed by atoms with Gasteiger partial charge in [0.25, 0.3) is 0 Å². The highest BCUT2D eigenvalue weighted by Gasteiger charge is 1.81. The van der Waals surface area contributed by atoms with Gasteiger partial charge in [0.15, 0.2) is 6.67 Å². The van der Waals surface area contributed by atoms with Crippen LogP contribution in [0.15, 0.2) is 30.6 Å². The van der Waals surface area contributed by atoms with Gasteiger partial charge in [-0.25, -0.2) is 4.39 Å². The second-order valence-corrected chi connectivity index (χ2v) is 1.62. The molecular weight excluding hydrogens is 147 g/mol. The Balaban J connectivity index is 0.000000187. The molecule has 0 aliphatic heterocycles. The Bertz CT molecular complexity index is 164. The summed E-state index contributed by atoms with van der Waals surface area (Å²) >= 11 is 0. The topological polar surface area (TPSA) is 56.0 Å². The van der Waals surface area contributed by atoms with Crippen molar-refractivity contribution < 1.29 is 9.18 Å². The SMILES string of the molecule is NC(=O)CF.c1ccncc1. The molecule has 0 aliphatic carbocycles. The van der Waals surface area contributed by atoms with E-state index in [-0.39, 0.29) is 0 Å². The lowest BCUT2D eigenvalue weighted by Crippen LogP contribution is -2.11. The predicted octanol–water partition coefficient (Wildman–Crippen LogP) is 0.523. The largest absolute Gasteiger partial charge is 0.367 e. The number of hydrogen-bond donors (Lipinski definition) is 1. The van der Waals surface area contributed by atoms with E-state index in [1.165, 1.54) is 0 Å². The number of hydrogen-bond acceptors (Lipinski definition) is 2. The molecule has 0 atom stereocenters. The highest BCUT2D eigenvalue weighted by Crippen LogP contribution is 1.73. The van der Waals surface area contributed by atoms with Gasteiger partial charge in [0.05, 0.1) is 0 Å². The third-order valence-corrected chi connectivity index (χ3v) is 0.698. The van der Waals surface area contributed by atoms with E-state index in [4.69, 9.17) is 0 Å². The van der Waals surface area contributed by atoms with E-state index in [1.54, 1.807) is 12.4 Å². The van der Waals surface area contributed by atoms with Gasteiger partial charge in [-0.1, -0.05) is 6.07 Å². The van der Waals surface area contributed by atoms with E-state index in [9.17, 15) is 9.18 Å². The Labute approximate surface area is 64.1 Å². The van der Waals surface area contributed by atoms with Crippen LogP contribution >= 0.6 is 0 Å². The zero-order valence-corrected chi connectivity index (χ0v) is 5.90. The van der Waals surface area contributed by atoms with Crippen LogP contribution in [0.1, 0.15) is 0 Å². The second-order valence-electron chi connectivity index (χ2n) is 1.62. The van der Waals surface area contributed by atoms with Gasteiger partial charge < -0.3 is 5.73 Å². The van der Waals surface area contributed by atoms with Gasteiger partial charge in [-0.2, -0.15) is 0 Å². The summed E-state index contributed by atoms with van der Waals surface area (Å²) in [5.74, 6) is -0.912. The molecular formula is C7H9FN2O. The van der Waals surface area contributed by atoms with Crippen LogP contribution in [0, 0.1) is 0 Å². The molecule has 0 saturated carbocycles. The molecule has 0 fully saturated rings. The van der Waals surface area contributed by atoms with Gasteiger partial charge >= 0.3 is 0 Å². The molecule has 60 valence electrons. The van der Waals surface area contributed by atoms with Gasteiger partial charge in [0.2, 0.25) is 5.91 Å². The molecule has 0 radical (unpaired) electrons. The van der Waals surface area contributed by atoms with Crippen LogP contribution < -0.4 is 5.73 Å². The number of alkyl halides is 1. The summed E-state index contributed by atoms with van der Waals surface area (Å²) in [6.45, 7) is -1.06. The van der Waals surface area contributed by atoms with Crippen molar-refractivity contribution in [3.63, 3.8) is 0 Å². The van der Waals surface area contributed by atoms with Crippen LogP contribution in [0.2, 0.25) is 0 Å². The van der Waals surface area contributed by atoms with Crippen LogP contribution in [0.3, 0.4) is 0 Å². The van der Waals surface area contributed by atoms with Crippen molar-refractivity contribution in [1.29, 1.82) is 0 Å². The maximum absolute atomic E-state index is 10.6. The van der Waals surface area contributed by atoms with Gasteiger partial charge in [-0.3, -0.25) is 9.78 Å². The van der Waals surface area contributed by atoms with E-state index in [0.717, 1.165) is 0 Å². The van der Waals surface area contributed by atoms with E-state index in [0.29, 0.717) is 0 Å². The maximum Gasteiger partial charge on any atom is 0.248 e. The summed E-state index contributed by atoms with van der Waals surface area (Å²) < 4.78 is 10.6. The minimum Gasteiger partial charge on any atom is -0.367 e. The number of rotatable bonds is 1. The monoisotopic (exact) mass is 156 g/mol. The number of pyridine rings is 1. The lowest BCUT2D eigenvalue weighted by Gasteiger charge is -1.70. The van der Waals surface area contributed by atoms with Crippen molar-refractivity contribution in [3.05, 3.63) is 30.6 Å². The summed E-state index contributed by atoms with van der Waals surface area (Å²) in [6.07, 6.45) is 3.50. The van der Waals surface area contributed by atoms with Crippen molar-refractivity contribution in [2.24, 2.45) is 5.73 Å². The Morgan fingerprint density at radius 1 is 1.36 bits per heavy atom. The fraction of sp³-hybridized carbons (Fsp3) is 0.143. The number of halogens is 1. The Kier molecular flexibility index (Phi) is 5.79. The molecule has 2 N–H and O–H groups in total. The van der Waals surface area contributed by atoms with Crippen molar-refractivity contribution in [2.75, 3.05) is 6.67 Å².